The topological polar surface area (TPSA) is 117 Å². The molecule has 1 saturated heterocycles. The average Bonchev–Trinajstić information content (AvgIpc) is 3.04. The van der Waals surface area contributed by atoms with Crippen LogP contribution in [0.15, 0.2) is 18.2 Å². The summed E-state index contributed by atoms with van der Waals surface area (Å²) in [5.41, 5.74) is 2.49. The molecule has 0 saturated carbocycles. The first-order valence-corrected chi connectivity index (χ1v) is 10.0. The van der Waals surface area contributed by atoms with E-state index in [0.29, 0.717) is 23.2 Å². The molecule has 1 aliphatic rings. The van der Waals surface area contributed by atoms with Crippen molar-refractivity contribution in [1.29, 1.82) is 0 Å². The lowest BCUT2D eigenvalue weighted by molar-refractivity contribution is -0.278. The number of ether oxygens (including phenoxy) is 2. The molecule has 4 N–H and O–H groups in total. The van der Waals surface area contributed by atoms with Crippen LogP contribution in [-0.4, -0.2) is 67.5 Å². The van der Waals surface area contributed by atoms with E-state index in [1.165, 1.54) is 10.7 Å². The highest BCUT2D eigenvalue weighted by molar-refractivity contribution is 5.38. The Hall–Kier alpha value is -2.48. The van der Waals surface area contributed by atoms with Crippen molar-refractivity contribution < 1.29 is 34.3 Å². The van der Waals surface area contributed by atoms with E-state index in [1.54, 1.807) is 13.0 Å². The monoisotopic (exact) mass is 434 g/mol. The molecular formula is C22H27FN2O6. The van der Waals surface area contributed by atoms with Gasteiger partial charge in [0.2, 0.25) is 12.2 Å². The summed E-state index contributed by atoms with van der Waals surface area (Å²) in [4.78, 5) is 0. The van der Waals surface area contributed by atoms with Crippen LogP contribution in [0, 0.1) is 25.1 Å². The van der Waals surface area contributed by atoms with E-state index in [0.717, 1.165) is 5.56 Å². The van der Waals surface area contributed by atoms with Gasteiger partial charge in [-0.3, -0.25) is 4.68 Å². The summed E-state index contributed by atoms with van der Waals surface area (Å²) >= 11 is 0. The lowest BCUT2D eigenvalue weighted by atomic mass is 9.99. The molecule has 2 heterocycles. The van der Waals surface area contributed by atoms with E-state index in [2.05, 4.69) is 11.0 Å². The molecule has 5 atom stereocenters. The zero-order chi connectivity index (χ0) is 22.7. The lowest BCUT2D eigenvalue weighted by Crippen LogP contribution is -2.60. The first-order chi connectivity index (χ1) is 14.8. The minimum absolute atomic E-state index is 0.0519. The molecule has 1 aromatic heterocycles. The van der Waals surface area contributed by atoms with Gasteiger partial charge in [0.05, 0.1) is 6.61 Å². The van der Waals surface area contributed by atoms with Crippen molar-refractivity contribution in [3.63, 3.8) is 0 Å². The molecule has 1 fully saturated rings. The van der Waals surface area contributed by atoms with Crippen LogP contribution in [0.4, 0.5) is 4.39 Å². The van der Waals surface area contributed by atoms with Gasteiger partial charge >= 0.3 is 0 Å². The number of aryl methyl sites for hydroxylation is 1. The number of benzene rings is 1. The molecule has 3 rings (SSSR count). The molecule has 2 aromatic rings. The first-order valence-electron chi connectivity index (χ1n) is 10.0. The molecule has 8 nitrogen and oxygen atoms in total. The largest absolute Gasteiger partial charge is 0.443 e. The highest BCUT2D eigenvalue weighted by Crippen LogP contribution is 2.30. The Morgan fingerprint density at radius 3 is 2.61 bits per heavy atom. The van der Waals surface area contributed by atoms with E-state index in [1.807, 2.05) is 13.0 Å². The second-order valence-corrected chi connectivity index (χ2v) is 7.50. The molecule has 0 unspecified atom stereocenters. The van der Waals surface area contributed by atoms with Gasteiger partial charge < -0.3 is 29.9 Å². The number of terminal acetylenes is 1. The van der Waals surface area contributed by atoms with Crippen LogP contribution in [0.5, 0.6) is 5.88 Å². The molecule has 0 bridgehead atoms. The minimum atomic E-state index is -1.59. The Morgan fingerprint density at radius 2 is 2.00 bits per heavy atom. The van der Waals surface area contributed by atoms with Gasteiger partial charge in [0.15, 0.2) is 0 Å². The van der Waals surface area contributed by atoms with Gasteiger partial charge in [-0.2, -0.15) is 0 Å². The maximum Gasteiger partial charge on any atom is 0.239 e. The molecule has 0 aliphatic carbocycles. The van der Waals surface area contributed by atoms with Crippen molar-refractivity contribution >= 4 is 0 Å². The van der Waals surface area contributed by atoms with Crippen molar-refractivity contribution in [2.24, 2.45) is 0 Å². The molecule has 0 radical (unpaired) electrons. The Bertz CT molecular complexity index is 954. The summed E-state index contributed by atoms with van der Waals surface area (Å²) in [7, 11) is 0. The maximum atomic E-state index is 14.6. The minimum Gasteiger partial charge on any atom is -0.443 e. The van der Waals surface area contributed by atoms with Crippen molar-refractivity contribution in [2.75, 3.05) is 6.61 Å². The third-order valence-corrected chi connectivity index (χ3v) is 5.50. The van der Waals surface area contributed by atoms with E-state index >= 15 is 0 Å². The number of aromatic nitrogens is 2. The van der Waals surface area contributed by atoms with Gasteiger partial charge in [-0.25, -0.2) is 4.39 Å². The summed E-state index contributed by atoms with van der Waals surface area (Å²) < 4.78 is 27.3. The standard InChI is InChI=1S/C22H27FN2O6/c1-4-8-25-12(3)15(10-14-7-6-13(5-2)9-16(14)23)21(24-25)31-22-20(29)19(28)18(27)17(11-26)30-22/h1,6-7,9,17-20,22,26-29H,5,8,10-11H2,2-3H3/t17-,18-,19+,20-,22+/m1/s1. The van der Waals surface area contributed by atoms with Gasteiger partial charge in [0.1, 0.15) is 36.8 Å². The quantitative estimate of drug-likeness (QED) is 0.463. The van der Waals surface area contributed by atoms with E-state index in [4.69, 9.17) is 15.9 Å². The van der Waals surface area contributed by atoms with Crippen molar-refractivity contribution in [2.45, 2.75) is 63.9 Å². The van der Waals surface area contributed by atoms with Crippen molar-refractivity contribution in [3.05, 3.63) is 46.4 Å². The fraction of sp³-hybridized carbons (Fsp3) is 0.500. The molecular weight excluding hydrogens is 407 g/mol. The number of hydrogen-bond donors (Lipinski definition) is 4. The van der Waals surface area contributed by atoms with Crippen molar-refractivity contribution in [3.8, 4) is 18.2 Å². The van der Waals surface area contributed by atoms with E-state index in [-0.39, 0.29) is 24.7 Å². The van der Waals surface area contributed by atoms with Crippen LogP contribution in [0.25, 0.3) is 0 Å². The summed E-state index contributed by atoms with van der Waals surface area (Å²) in [5, 5.41) is 43.9. The zero-order valence-electron chi connectivity index (χ0n) is 17.4. The third kappa shape index (κ3) is 4.74. The summed E-state index contributed by atoms with van der Waals surface area (Å²) in [6.45, 7) is 3.26. The average molecular weight is 434 g/mol. The van der Waals surface area contributed by atoms with Crippen LogP contribution >= 0.6 is 0 Å². The summed E-state index contributed by atoms with van der Waals surface area (Å²) in [6.07, 6.45) is -0.954. The van der Waals surface area contributed by atoms with Gasteiger partial charge in [-0.05, 0) is 30.5 Å². The van der Waals surface area contributed by atoms with Crippen molar-refractivity contribution in [1.82, 2.24) is 9.78 Å². The lowest BCUT2D eigenvalue weighted by Gasteiger charge is -2.39. The van der Waals surface area contributed by atoms with Gasteiger partial charge in [0.25, 0.3) is 0 Å². The molecule has 31 heavy (non-hydrogen) atoms. The Kier molecular flexibility index (Phi) is 7.30. The van der Waals surface area contributed by atoms with Crippen LogP contribution < -0.4 is 4.74 Å². The van der Waals surface area contributed by atoms with Crippen LogP contribution in [0.3, 0.4) is 0 Å². The molecule has 0 amide bonds. The molecule has 0 spiro atoms. The molecule has 168 valence electrons. The number of halogens is 1. The second-order valence-electron chi connectivity index (χ2n) is 7.50. The van der Waals surface area contributed by atoms with Gasteiger partial charge in [-0.1, -0.05) is 25.0 Å². The fourth-order valence-electron chi connectivity index (χ4n) is 3.51. The molecule has 1 aliphatic heterocycles. The SMILES string of the molecule is C#CCn1nc(O[C@@H]2O[C@H](CO)[C@@H](O)[C@H](O)[C@H]2O)c(Cc2ccc(CC)cc2F)c1C. The molecule has 9 heteroatoms. The number of rotatable bonds is 7. The first kappa shape index (κ1) is 23.2. The number of aliphatic hydroxyl groups excluding tert-OH is 4. The van der Waals surface area contributed by atoms with E-state index < -0.39 is 37.3 Å². The zero-order valence-corrected chi connectivity index (χ0v) is 17.4. The highest BCUT2D eigenvalue weighted by atomic mass is 19.1. The number of nitrogens with zero attached hydrogens (tertiary/aromatic N) is 2. The fourth-order valence-corrected chi connectivity index (χ4v) is 3.51. The smallest absolute Gasteiger partial charge is 0.239 e. The van der Waals surface area contributed by atoms with Gasteiger partial charge in [0, 0.05) is 17.7 Å². The van der Waals surface area contributed by atoms with E-state index in [9.17, 15) is 24.8 Å². The van der Waals surface area contributed by atoms with Crippen LogP contribution in [-0.2, 0) is 24.1 Å². The Labute approximate surface area is 179 Å². The second kappa shape index (κ2) is 9.77. The van der Waals surface area contributed by atoms with Crippen LogP contribution in [0.1, 0.15) is 29.3 Å². The predicted octanol–water partition coefficient (Wildman–Crippen LogP) is 0.296. The summed E-state index contributed by atoms with van der Waals surface area (Å²) in [5.74, 6) is 2.17. The Morgan fingerprint density at radius 1 is 1.26 bits per heavy atom. The summed E-state index contributed by atoms with van der Waals surface area (Å²) in [6, 6.07) is 5.02. The third-order valence-electron chi connectivity index (χ3n) is 5.50. The predicted molar refractivity (Wildman–Crippen MR) is 109 cm³/mol. The normalized spacial score (nSPS) is 25.9. The molecule has 1 aromatic carbocycles. The van der Waals surface area contributed by atoms with Crippen LogP contribution in [0.2, 0.25) is 0 Å². The number of hydrogen-bond acceptors (Lipinski definition) is 7. The highest BCUT2D eigenvalue weighted by Gasteiger charge is 2.45. The number of aliphatic hydroxyl groups is 4. The maximum absolute atomic E-state index is 14.6. The Balaban J connectivity index is 1.93. The van der Waals surface area contributed by atoms with Gasteiger partial charge in [-0.15, -0.1) is 11.5 Å².